The number of halogens is 1. The third-order valence-corrected chi connectivity index (χ3v) is 5.46. The number of H-pyrrole nitrogens is 1. The summed E-state index contributed by atoms with van der Waals surface area (Å²) < 4.78 is 0. The smallest absolute Gasteiger partial charge is 0.252 e. The summed E-state index contributed by atoms with van der Waals surface area (Å²) in [6, 6.07) is 9.52. The van der Waals surface area contributed by atoms with Gasteiger partial charge in [0, 0.05) is 48.7 Å². The Hall–Kier alpha value is -1.66. The largest absolute Gasteiger partial charge is 0.368 e. The molecule has 0 bridgehead atoms. The van der Waals surface area contributed by atoms with Crippen LogP contribution in [0.4, 0.5) is 11.6 Å². The molecule has 1 aromatic carbocycles. The number of aromatic nitrogens is 2. The lowest BCUT2D eigenvalue weighted by atomic mass is 10.2. The molecule has 0 spiro atoms. The summed E-state index contributed by atoms with van der Waals surface area (Å²) in [5.74, 6) is 1.44. The molecule has 134 valence electrons. The maximum atomic E-state index is 12.0. The van der Waals surface area contributed by atoms with Crippen LogP contribution < -0.4 is 15.4 Å². The molecule has 1 aromatic heterocycles. The maximum Gasteiger partial charge on any atom is 0.252 e. The van der Waals surface area contributed by atoms with Crippen LogP contribution >= 0.6 is 23.4 Å². The molecule has 0 unspecified atom stereocenters. The van der Waals surface area contributed by atoms with E-state index in [0.29, 0.717) is 11.2 Å². The molecule has 1 aliphatic rings. The molecular weight excluding hydrogens is 356 g/mol. The number of thioether (sulfide) groups is 1. The van der Waals surface area contributed by atoms with E-state index in [1.165, 1.54) is 0 Å². The Balaban J connectivity index is 1.67. The number of rotatable bonds is 5. The van der Waals surface area contributed by atoms with Crippen LogP contribution in [-0.2, 0) is 5.75 Å². The number of benzene rings is 1. The molecule has 0 aliphatic carbocycles. The lowest BCUT2D eigenvalue weighted by Crippen LogP contribution is -2.47. The molecule has 1 aliphatic heterocycles. The van der Waals surface area contributed by atoms with E-state index in [4.69, 9.17) is 11.6 Å². The standard InChI is InChI=1S/C18H23ClN4OS/c1-13(2)25-12-15-11-17(24)21-18(20-15)23-8-6-22(7-9-23)16-5-3-4-14(19)10-16/h3-5,10-11,13H,6-9,12H2,1-2H3,(H,20,21,24). The van der Waals surface area contributed by atoms with Crippen LogP contribution in [0, 0.1) is 0 Å². The lowest BCUT2D eigenvalue weighted by molar-refractivity contribution is 0.638. The monoisotopic (exact) mass is 378 g/mol. The first-order valence-corrected chi connectivity index (χ1v) is 9.91. The second-order valence-corrected chi connectivity index (χ2v) is 8.38. The van der Waals surface area contributed by atoms with Crippen molar-refractivity contribution in [2.45, 2.75) is 24.9 Å². The van der Waals surface area contributed by atoms with Gasteiger partial charge >= 0.3 is 0 Å². The van der Waals surface area contributed by atoms with Gasteiger partial charge in [0.25, 0.3) is 5.56 Å². The number of nitrogens with zero attached hydrogens (tertiary/aromatic N) is 3. The van der Waals surface area contributed by atoms with Crippen LogP contribution in [0.25, 0.3) is 0 Å². The van der Waals surface area contributed by atoms with E-state index in [1.54, 1.807) is 17.8 Å². The van der Waals surface area contributed by atoms with Gasteiger partial charge in [0.05, 0.1) is 5.69 Å². The molecule has 1 saturated heterocycles. The van der Waals surface area contributed by atoms with Crippen LogP contribution in [0.3, 0.4) is 0 Å². The molecule has 1 fully saturated rings. The number of aromatic amines is 1. The van der Waals surface area contributed by atoms with Gasteiger partial charge in [-0.3, -0.25) is 9.78 Å². The highest BCUT2D eigenvalue weighted by molar-refractivity contribution is 7.99. The summed E-state index contributed by atoms with van der Waals surface area (Å²) in [7, 11) is 0. The fourth-order valence-electron chi connectivity index (χ4n) is 2.82. The van der Waals surface area contributed by atoms with Crippen LogP contribution in [0.15, 0.2) is 35.1 Å². The van der Waals surface area contributed by atoms with Gasteiger partial charge < -0.3 is 9.80 Å². The average Bonchev–Trinajstić information content (AvgIpc) is 2.60. The molecule has 0 radical (unpaired) electrons. The van der Waals surface area contributed by atoms with Crippen LogP contribution in [-0.4, -0.2) is 41.4 Å². The number of hydrogen-bond donors (Lipinski definition) is 1. The molecule has 7 heteroatoms. The van der Waals surface area contributed by atoms with E-state index in [-0.39, 0.29) is 5.56 Å². The molecule has 3 rings (SSSR count). The van der Waals surface area contributed by atoms with Crippen molar-refractivity contribution < 1.29 is 0 Å². The lowest BCUT2D eigenvalue weighted by Gasteiger charge is -2.36. The molecule has 2 aromatic rings. The highest BCUT2D eigenvalue weighted by Gasteiger charge is 2.19. The summed E-state index contributed by atoms with van der Waals surface area (Å²) in [6.07, 6.45) is 0. The van der Waals surface area contributed by atoms with Crippen molar-refractivity contribution in [3.05, 3.63) is 51.4 Å². The Morgan fingerprint density at radius 2 is 1.92 bits per heavy atom. The van der Waals surface area contributed by atoms with Gasteiger partial charge in [-0.1, -0.05) is 31.5 Å². The molecule has 0 atom stereocenters. The van der Waals surface area contributed by atoms with Crippen molar-refractivity contribution in [2.24, 2.45) is 0 Å². The third-order valence-electron chi connectivity index (χ3n) is 4.10. The van der Waals surface area contributed by atoms with Crippen molar-refractivity contribution in [3.63, 3.8) is 0 Å². The van der Waals surface area contributed by atoms with E-state index >= 15 is 0 Å². The molecule has 25 heavy (non-hydrogen) atoms. The van der Waals surface area contributed by atoms with Crippen molar-refractivity contribution in [3.8, 4) is 0 Å². The van der Waals surface area contributed by atoms with Crippen LogP contribution in [0.1, 0.15) is 19.5 Å². The highest BCUT2D eigenvalue weighted by atomic mass is 35.5. The molecule has 0 amide bonds. The number of hydrogen-bond acceptors (Lipinski definition) is 5. The Morgan fingerprint density at radius 3 is 2.60 bits per heavy atom. The molecule has 2 heterocycles. The zero-order valence-electron chi connectivity index (χ0n) is 14.5. The highest BCUT2D eigenvalue weighted by Crippen LogP contribution is 2.22. The van der Waals surface area contributed by atoms with Crippen LogP contribution in [0.5, 0.6) is 0 Å². The van der Waals surface area contributed by atoms with Gasteiger partial charge in [-0.15, -0.1) is 0 Å². The second-order valence-electron chi connectivity index (χ2n) is 6.37. The topological polar surface area (TPSA) is 52.2 Å². The van der Waals surface area contributed by atoms with Crippen molar-refractivity contribution in [2.75, 3.05) is 36.0 Å². The maximum absolute atomic E-state index is 12.0. The van der Waals surface area contributed by atoms with Gasteiger partial charge in [-0.05, 0) is 23.4 Å². The quantitative estimate of drug-likeness (QED) is 0.864. The van der Waals surface area contributed by atoms with Gasteiger partial charge in [0.15, 0.2) is 0 Å². The van der Waals surface area contributed by atoms with Crippen molar-refractivity contribution >= 4 is 35.0 Å². The zero-order chi connectivity index (χ0) is 17.8. The summed E-state index contributed by atoms with van der Waals surface area (Å²) in [5, 5.41) is 1.27. The van der Waals surface area contributed by atoms with Gasteiger partial charge in [0.1, 0.15) is 0 Å². The van der Waals surface area contributed by atoms with E-state index < -0.39 is 0 Å². The molecular formula is C18H23ClN4OS. The fraction of sp³-hybridized carbons (Fsp3) is 0.444. The van der Waals surface area contributed by atoms with Gasteiger partial charge in [-0.2, -0.15) is 11.8 Å². The summed E-state index contributed by atoms with van der Waals surface area (Å²) in [6.45, 7) is 7.66. The number of nitrogens with one attached hydrogen (secondary N) is 1. The Bertz CT molecular complexity index is 772. The molecule has 0 saturated carbocycles. The first-order valence-electron chi connectivity index (χ1n) is 8.48. The SMILES string of the molecule is CC(C)SCc1cc(=O)[nH]c(N2CCN(c3cccc(Cl)c3)CC2)n1. The normalized spacial score (nSPS) is 15.0. The first kappa shape index (κ1) is 18.1. The van der Waals surface area contributed by atoms with Gasteiger partial charge in [0.2, 0.25) is 5.95 Å². The van der Waals surface area contributed by atoms with E-state index in [0.717, 1.165) is 48.3 Å². The predicted octanol–water partition coefficient (Wildman–Crippen LogP) is 3.39. The zero-order valence-corrected chi connectivity index (χ0v) is 16.1. The fourth-order valence-corrected chi connectivity index (χ4v) is 3.66. The number of anilines is 2. The van der Waals surface area contributed by atoms with Crippen molar-refractivity contribution in [1.29, 1.82) is 0 Å². The summed E-state index contributed by atoms with van der Waals surface area (Å²) in [5.41, 5.74) is 1.90. The van der Waals surface area contributed by atoms with Crippen LogP contribution in [0.2, 0.25) is 5.02 Å². The number of piperazine rings is 1. The molecule has 1 N–H and O–H groups in total. The first-order chi connectivity index (χ1) is 12.0. The summed E-state index contributed by atoms with van der Waals surface area (Å²) in [4.78, 5) is 23.9. The Morgan fingerprint density at radius 1 is 1.20 bits per heavy atom. The minimum absolute atomic E-state index is 0.0818. The van der Waals surface area contributed by atoms with E-state index in [9.17, 15) is 4.79 Å². The Labute approximate surface area is 157 Å². The van der Waals surface area contributed by atoms with E-state index in [1.807, 2.05) is 18.2 Å². The second kappa shape index (κ2) is 8.15. The average molecular weight is 379 g/mol. The third kappa shape index (κ3) is 4.92. The minimum Gasteiger partial charge on any atom is -0.368 e. The Kier molecular flexibility index (Phi) is 5.91. The van der Waals surface area contributed by atoms with Crippen molar-refractivity contribution in [1.82, 2.24) is 9.97 Å². The summed E-state index contributed by atoms with van der Waals surface area (Å²) >= 11 is 7.88. The van der Waals surface area contributed by atoms with Gasteiger partial charge in [-0.25, -0.2) is 4.98 Å². The minimum atomic E-state index is -0.0818. The van der Waals surface area contributed by atoms with E-state index in [2.05, 4.69) is 39.7 Å². The molecule has 5 nitrogen and oxygen atoms in total. The predicted molar refractivity (Wildman–Crippen MR) is 107 cm³/mol.